The molecule has 0 aliphatic rings. The molecular formula is C16H15ClN2S. The summed E-state index contributed by atoms with van der Waals surface area (Å²) in [5.41, 5.74) is 3.38. The molecule has 0 amide bonds. The highest BCUT2D eigenvalue weighted by Crippen LogP contribution is 2.21. The molecule has 0 atom stereocenters. The number of hydrogen-bond donors (Lipinski definition) is 1. The second kappa shape index (κ2) is 5.92. The first-order valence-electron chi connectivity index (χ1n) is 6.52. The number of rotatable bonds is 4. The van der Waals surface area contributed by atoms with Crippen LogP contribution in [0.15, 0.2) is 42.5 Å². The third-order valence-electron chi connectivity index (χ3n) is 3.15. The van der Waals surface area contributed by atoms with Crippen LogP contribution < -0.4 is 5.32 Å². The molecule has 1 aromatic carbocycles. The molecule has 3 rings (SSSR count). The van der Waals surface area contributed by atoms with Crippen LogP contribution in [0.2, 0.25) is 4.34 Å². The average molecular weight is 303 g/mol. The van der Waals surface area contributed by atoms with E-state index in [2.05, 4.69) is 40.6 Å². The Morgan fingerprint density at radius 1 is 1.10 bits per heavy atom. The molecule has 2 aromatic heterocycles. The Hall–Kier alpha value is -1.42. The second-order valence-corrected chi connectivity index (χ2v) is 6.59. The van der Waals surface area contributed by atoms with E-state index < -0.39 is 0 Å². The zero-order valence-electron chi connectivity index (χ0n) is 11.2. The van der Waals surface area contributed by atoms with Gasteiger partial charge in [0, 0.05) is 29.0 Å². The van der Waals surface area contributed by atoms with Crippen LogP contribution in [0.4, 0.5) is 0 Å². The summed E-state index contributed by atoms with van der Waals surface area (Å²) in [5, 5.41) is 4.63. The monoisotopic (exact) mass is 302 g/mol. The molecule has 1 N–H and O–H groups in total. The van der Waals surface area contributed by atoms with Crippen molar-refractivity contribution < 1.29 is 0 Å². The number of nitrogens with zero attached hydrogens (tertiary/aromatic N) is 1. The van der Waals surface area contributed by atoms with E-state index in [4.69, 9.17) is 11.6 Å². The third-order valence-corrected chi connectivity index (χ3v) is 4.38. The van der Waals surface area contributed by atoms with E-state index in [9.17, 15) is 0 Å². The van der Waals surface area contributed by atoms with Crippen LogP contribution in [0.1, 0.15) is 16.1 Å². The van der Waals surface area contributed by atoms with Crippen LogP contribution in [0.5, 0.6) is 0 Å². The van der Waals surface area contributed by atoms with E-state index in [1.807, 2.05) is 19.1 Å². The Bertz CT molecular complexity index is 736. The lowest BCUT2D eigenvalue weighted by molar-refractivity contribution is 0.701. The predicted molar refractivity (Wildman–Crippen MR) is 86.4 cm³/mol. The molecule has 102 valence electrons. The zero-order chi connectivity index (χ0) is 13.9. The van der Waals surface area contributed by atoms with Gasteiger partial charge in [0.15, 0.2) is 0 Å². The number of halogens is 1. The molecule has 0 aliphatic carbocycles. The van der Waals surface area contributed by atoms with E-state index in [1.165, 1.54) is 15.8 Å². The molecule has 0 saturated heterocycles. The van der Waals surface area contributed by atoms with Gasteiger partial charge in [-0.1, -0.05) is 23.7 Å². The number of aryl methyl sites for hydroxylation is 1. The van der Waals surface area contributed by atoms with E-state index in [1.54, 1.807) is 11.3 Å². The summed E-state index contributed by atoms with van der Waals surface area (Å²) in [6.45, 7) is 3.71. The van der Waals surface area contributed by atoms with Crippen LogP contribution in [0.25, 0.3) is 10.9 Å². The highest BCUT2D eigenvalue weighted by Gasteiger charge is 2.00. The standard InChI is InChI=1S/C16H15ClN2S/c1-11-2-4-13-8-12(3-6-15(13)19-11)9-18-10-14-5-7-16(17)20-14/h2-8,18H,9-10H2,1H3. The van der Waals surface area contributed by atoms with Crippen molar-refractivity contribution >= 4 is 33.8 Å². The van der Waals surface area contributed by atoms with Gasteiger partial charge >= 0.3 is 0 Å². The molecule has 2 heterocycles. The maximum atomic E-state index is 5.92. The number of thiophene rings is 1. The summed E-state index contributed by atoms with van der Waals surface area (Å²) in [6, 6.07) is 14.6. The normalized spacial score (nSPS) is 11.1. The highest BCUT2D eigenvalue weighted by molar-refractivity contribution is 7.16. The third kappa shape index (κ3) is 3.18. The minimum absolute atomic E-state index is 0.842. The van der Waals surface area contributed by atoms with Crippen molar-refractivity contribution in [2.45, 2.75) is 20.0 Å². The number of pyridine rings is 1. The van der Waals surface area contributed by atoms with Gasteiger partial charge in [-0.05, 0) is 42.8 Å². The Morgan fingerprint density at radius 2 is 2.00 bits per heavy atom. The van der Waals surface area contributed by atoms with Crippen LogP contribution >= 0.6 is 22.9 Å². The molecule has 0 unspecified atom stereocenters. The molecule has 20 heavy (non-hydrogen) atoms. The summed E-state index contributed by atoms with van der Waals surface area (Å²) < 4.78 is 0.842. The van der Waals surface area contributed by atoms with E-state index >= 15 is 0 Å². The second-order valence-electron chi connectivity index (χ2n) is 4.79. The van der Waals surface area contributed by atoms with Gasteiger partial charge in [-0.15, -0.1) is 11.3 Å². The van der Waals surface area contributed by atoms with Crippen LogP contribution in [-0.2, 0) is 13.1 Å². The molecule has 4 heteroatoms. The molecule has 0 spiro atoms. The lowest BCUT2D eigenvalue weighted by atomic mass is 10.1. The maximum Gasteiger partial charge on any atom is 0.0931 e. The summed E-state index contributed by atoms with van der Waals surface area (Å²) in [5.74, 6) is 0. The van der Waals surface area contributed by atoms with Gasteiger partial charge in [-0.25, -0.2) is 0 Å². The van der Waals surface area contributed by atoms with Gasteiger partial charge in [0.05, 0.1) is 9.85 Å². The first-order chi connectivity index (χ1) is 9.70. The first-order valence-corrected chi connectivity index (χ1v) is 7.71. The molecule has 0 aliphatic heterocycles. The maximum absolute atomic E-state index is 5.92. The number of nitrogens with one attached hydrogen (secondary N) is 1. The molecule has 0 fully saturated rings. The van der Waals surface area contributed by atoms with Crippen LogP contribution in [0.3, 0.4) is 0 Å². The smallest absolute Gasteiger partial charge is 0.0931 e. The van der Waals surface area contributed by atoms with Gasteiger partial charge < -0.3 is 5.32 Å². The summed E-state index contributed by atoms with van der Waals surface area (Å²) >= 11 is 7.54. The Labute approximate surface area is 127 Å². The zero-order valence-corrected chi connectivity index (χ0v) is 12.8. The lowest BCUT2D eigenvalue weighted by Crippen LogP contribution is -2.11. The average Bonchev–Trinajstić information content (AvgIpc) is 2.85. The van der Waals surface area contributed by atoms with E-state index in [0.717, 1.165) is 28.6 Å². The van der Waals surface area contributed by atoms with Crippen LogP contribution in [-0.4, -0.2) is 4.98 Å². The van der Waals surface area contributed by atoms with Crippen molar-refractivity contribution in [3.05, 3.63) is 62.9 Å². The van der Waals surface area contributed by atoms with Crippen molar-refractivity contribution in [3.63, 3.8) is 0 Å². The molecule has 0 bridgehead atoms. The minimum Gasteiger partial charge on any atom is -0.308 e. The predicted octanol–water partition coefficient (Wildman–Crippen LogP) is 4.55. The topological polar surface area (TPSA) is 24.9 Å². The summed E-state index contributed by atoms with van der Waals surface area (Å²) in [4.78, 5) is 5.77. The quantitative estimate of drug-likeness (QED) is 0.765. The Kier molecular flexibility index (Phi) is 4.01. The fourth-order valence-electron chi connectivity index (χ4n) is 2.16. The summed E-state index contributed by atoms with van der Waals surface area (Å²) in [7, 11) is 0. The SMILES string of the molecule is Cc1ccc2cc(CNCc3ccc(Cl)s3)ccc2n1. The molecule has 0 saturated carbocycles. The molecule has 2 nitrogen and oxygen atoms in total. The molecular weight excluding hydrogens is 288 g/mol. The van der Waals surface area contributed by atoms with Crippen LogP contribution in [0, 0.1) is 6.92 Å². The number of aromatic nitrogens is 1. The lowest BCUT2D eigenvalue weighted by Gasteiger charge is -2.05. The van der Waals surface area contributed by atoms with E-state index in [-0.39, 0.29) is 0 Å². The van der Waals surface area contributed by atoms with Gasteiger partial charge in [-0.3, -0.25) is 4.98 Å². The highest BCUT2D eigenvalue weighted by atomic mass is 35.5. The fraction of sp³-hybridized carbons (Fsp3) is 0.188. The number of benzene rings is 1. The molecule has 3 aromatic rings. The van der Waals surface area contributed by atoms with Gasteiger partial charge in [0.1, 0.15) is 0 Å². The number of fused-ring (bicyclic) bond motifs is 1. The van der Waals surface area contributed by atoms with E-state index in [0.29, 0.717) is 0 Å². The van der Waals surface area contributed by atoms with Crippen molar-refractivity contribution in [1.29, 1.82) is 0 Å². The van der Waals surface area contributed by atoms with Gasteiger partial charge in [0.25, 0.3) is 0 Å². The minimum atomic E-state index is 0.842. The summed E-state index contributed by atoms with van der Waals surface area (Å²) in [6.07, 6.45) is 0. The number of hydrogen-bond acceptors (Lipinski definition) is 3. The van der Waals surface area contributed by atoms with Crippen molar-refractivity contribution in [2.24, 2.45) is 0 Å². The fourth-order valence-corrected chi connectivity index (χ4v) is 3.22. The Balaban J connectivity index is 1.67. The van der Waals surface area contributed by atoms with Gasteiger partial charge in [-0.2, -0.15) is 0 Å². The largest absolute Gasteiger partial charge is 0.308 e. The molecule has 0 radical (unpaired) electrons. The first kappa shape index (κ1) is 13.6. The van der Waals surface area contributed by atoms with Crippen molar-refractivity contribution in [3.8, 4) is 0 Å². The van der Waals surface area contributed by atoms with Crippen molar-refractivity contribution in [1.82, 2.24) is 10.3 Å². The van der Waals surface area contributed by atoms with Gasteiger partial charge in [0.2, 0.25) is 0 Å². The Morgan fingerprint density at radius 3 is 2.80 bits per heavy atom. The van der Waals surface area contributed by atoms with Crippen molar-refractivity contribution in [2.75, 3.05) is 0 Å².